The minimum atomic E-state index is -0.898. The maximum Gasteiger partial charge on any atom is 0.178 e. The second-order valence-corrected chi connectivity index (χ2v) is 21.6. The zero-order valence-electron chi connectivity index (χ0n) is 37.5. The third kappa shape index (κ3) is 6.03. The summed E-state index contributed by atoms with van der Waals surface area (Å²) in [6.07, 6.45) is 14.7. The predicted octanol–water partition coefficient (Wildman–Crippen LogP) is 13.0. The fraction of sp³-hybridized carbons (Fsp3) is 0.464. The molecule has 0 aromatic heterocycles. The van der Waals surface area contributed by atoms with Gasteiger partial charge in [0, 0.05) is 46.3 Å². The number of hydrogen-bond acceptors (Lipinski definition) is 5. The van der Waals surface area contributed by atoms with Crippen molar-refractivity contribution in [2.24, 2.45) is 22.7 Å². The molecule has 3 atom stereocenters. The number of rotatable bonds is 6. The molecule has 1 spiro atoms. The summed E-state index contributed by atoms with van der Waals surface area (Å²) in [5.41, 5.74) is 11.6. The largest absolute Gasteiger partial charge is 0.497 e. The van der Waals surface area contributed by atoms with Gasteiger partial charge >= 0.3 is 0 Å². The molecular weight excluding hydrogens is 751 g/mol. The second-order valence-electron chi connectivity index (χ2n) is 21.6. The minimum Gasteiger partial charge on any atom is -0.497 e. The summed E-state index contributed by atoms with van der Waals surface area (Å²) in [5, 5.41) is 2.57. The van der Waals surface area contributed by atoms with Crippen LogP contribution in [-0.2, 0) is 21.2 Å². The first-order chi connectivity index (χ1) is 29.4. The molecular formula is C56H63NO4. The van der Waals surface area contributed by atoms with Crippen molar-refractivity contribution >= 4 is 22.5 Å². The third-order valence-corrected chi connectivity index (χ3v) is 16.0. The maximum absolute atomic E-state index is 8.01. The lowest BCUT2D eigenvalue weighted by atomic mass is 9.52. The highest BCUT2D eigenvalue weighted by Gasteiger charge is 2.56. The monoisotopic (exact) mass is 813 g/mol. The molecule has 2 aliphatic heterocycles. The molecule has 3 unspecified atom stereocenters. The highest BCUT2D eigenvalue weighted by atomic mass is 16.5. The first-order valence-electron chi connectivity index (χ1n) is 23.2. The maximum atomic E-state index is 8.01. The molecule has 11 rings (SSSR count). The van der Waals surface area contributed by atoms with Crippen LogP contribution >= 0.6 is 0 Å². The van der Waals surface area contributed by atoms with E-state index in [9.17, 15) is 0 Å². The Kier molecular flexibility index (Phi) is 8.90. The van der Waals surface area contributed by atoms with E-state index >= 15 is 0 Å². The van der Waals surface area contributed by atoms with Crippen molar-refractivity contribution in [3.63, 3.8) is 0 Å². The van der Waals surface area contributed by atoms with E-state index in [1.165, 1.54) is 82.8 Å². The van der Waals surface area contributed by atoms with Crippen LogP contribution in [0.5, 0.6) is 17.2 Å². The molecule has 0 radical (unpaired) electrons. The van der Waals surface area contributed by atoms with E-state index in [1.54, 1.807) is 19.8 Å². The quantitative estimate of drug-likeness (QED) is 0.171. The molecule has 4 fully saturated rings. The van der Waals surface area contributed by atoms with Crippen LogP contribution in [0.25, 0.3) is 28.0 Å². The predicted molar refractivity (Wildman–Crippen MR) is 248 cm³/mol. The van der Waals surface area contributed by atoms with Crippen LogP contribution in [0.3, 0.4) is 0 Å². The van der Waals surface area contributed by atoms with Crippen molar-refractivity contribution in [2.45, 2.75) is 102 Å². The van der Waals surface area contributed by atoms with Gasteiger partial charge in [-0.3, -0.25) is 0 Å². The number of anilines is 1. The molecule has 3 saturated carbocycles. The fourth-order valence-electron chi connectivity index (χ4n) is 14.6. The zero-order valence-corrected chi connectivity index (χ0v) is 37.5. The average Bonchev–Trinajstić information content (AvgIpc) is 3.72. The summed E-state index contributed by atoms with van der Waals surface area (Å²) in [4.78, 5) is 2.65. The summed E-state index contributed by atoms with van der Waals surface area (Å²) >= 11 is 0. The Hall–Kier alpha value is -4.74. The first kappa shape index (κ1) is 39.1. The molecule has 6 aliphatic rings. The van der Waals surface area contributed by atoms with Crippen LogP contribution in [0.2, 0.25) is 0 Å². The molecule has 1 saturated heterocycles. The summed E-state index contributed by atoms with van der Waals surface area (Å²) in [6.45, 7) is 15.9. The third-order valence-electron chi connectivity index (χ3n) is 16.0. The van der Waals surface area contributed by atoms with Crippen molar-refractivity contribution in [3.8, 4) is 28.4 Å². The molecule has 0 amide bonds. The molecule has 5 aromatic carbocycles. The Morgan fingerprint density at radius 2 is 1.38 bits per heavy atom. The molecule has 316 valence electrons. The van der Waals surface area contributed by atoms with E-state index in [1.807, 2.05) is 0 Å². The molecule has 61 heavy (non-hydrogen) atoms. The Morgan fingerprint density at radius 1 is 0.721 bits per heavy atom. The van der Waals surface area contributed by atoms with Crippen molar-refractivity contribution in [2.75, 3.05) is 45.4 Å². The van der Waals surface area contributed by atoms with Gasteiger partial charge in [-0.1, -0.05) is 89.2 Å². The lowest BCUT2D eigenvalue weighted by Gasteiger charge is -2.52. The Bertz CT molecular complexity index is 2500. The van der Waals surface area contributed by atoms with Gasteiger partial charge in [-0.05, 0) is 155 Å². The van der Waals surface area contributed by atoms with Gasteiger partial charge in [0.2, 0.25) is 0 Å². The smallest absolute Gasteiger partial charge is 0.178 e. The molecule has 5 heteroatoms. The number of nitrogens with zero attached hydrogens (tertiary/aromatic N) is 1. The highest BCUT2D eigenvalue weighted by Crippen LogP contribution is 2.68. The lowest BCUT2D eigenvalue weighted by Crippen LogP contribution is -2.44. The zero-order chi connectivity index (χ0) is 41.9. The van der Waals surface area contributed by atoms with E-state index in [4.69, 9.17) is 18.9 Å². The van der Waals surface area contributed by atoms with Crippen LogP contribution in [0, 0.1) is 22.7 Å². The van der Waals surface area contributed by atoms with E-state index < -0.39 is 5.60 Å². The fourth-order valence-corrected chi connectivity index (χ4v) is 14.6. The first-order valence-corrected chi connectivity index (χ1v) is 23.2. The summed E-state index contributed by atoms with van der Waals surface area (Å²) < 4.78 is 25.4. The van der Waals surface area contributed by atoms with Gasteiger partial charge in [0.15, 0.2) is 5.60 Å². The second kappa shape index (κ2) is 13.9. The lowest BCUT2D eigenvalue weighted by molar-refractivity contribution is 0.0642. The normalized spacial score (nSPS) is 26.0. The van der Waals surface area contributed by atoms with Gasteiger partial charge in [-0.2, -0.15) is 0 Å². The number of methoxy groups -OCH3 is 2. The SMILES string of the molecule is COc1ccc(C2(c3ccc(OC)cc3)C=Cc3c4c(c5cc(C67CCC(CC(C)C6)C7)c(N6CCOCC6)cc5c3O2)-c2ccccc2C42CC(C)(C)CC(C)(C)C2)cc1. The highest BCUT2D eigenvalue weighted by molar-refractivity contribution is 6.10. The standard InChI is InChI=1S/C56H63NO4/c1-36-28-37-20-22-54(31-36,32-37)47-29-44-45(30-48(47)57-24-26-60-27-25-57)51-43(50-49(44)42-10-8-9-11-46(42)55(50)34-52(2,3)33-53(4,5)35-55)21-23-56(61-51,38-12-16-40(58-6)17-13-38)39-14-18-41(59-7)19-15-39/h8-19,21,23,29-30,36-37H,20,22,24-28,31-35H2,1-7H3. The summed E-state index contributed by atoms with van der Waals surface area (Å²) in [6, 6.07) is 31.8. The molecule has 2 heterocycles. The van der Waals surface area contributed by atoms with Gasteiger partial charge in [0.25, 0.3) is 0 Å². The van der Waals surface area contributed by atoms with Gasteiger partial charge in [-0.25, -0.2) is 0 Å². The minimum absolute atomic E-state index is 0.148. The van der Waals surface area contributed by atoms with Gasteiger partial charge < -0.3 is 23.8 Å². The van der Waals surface area contributed by atoms with Crippen LogP contribution in [0.15, 0.2) is 91.0 Å². The van der Waals surface area contributed by atoms with Crippen molar-refractivity contribution < 1.29 is 18.9 Å². The molecule has 2 bridgehead atoms. The van der Waals surface area contributed by atoms with Crippen molar-refractivity contribution in [3.05, 3.63) is 124 Å². The topological polar surface area (TPSA) is 40.2 Å². The Morgan fingerprint density at radius 3 is 2.03 bits per heavy atom. The van der Waals surface area contributed by atoms with Gasteiger partial charge in [0.1, 0.15) is 17.2 Å². The molecule has 5 nitrogen and oxygen atoms in total. The van der Waals surface area contributed by atoms with E-state index in [0.717, 1.165) is 79.4 Å². The number of fused-ring (bicyclic) bond motifs is 12. The number of benzene rings is 5. The van der Waals surface area contributed by atoms with E-state index in [-0.39, 0.29) is 21.7 Å². The average molecular weight is 814 g/mol. The van der Waals surface area contributed by atoms with Gasteiger partial charge in [-0.15, -0.1) is 0 Å². The molecule has 0 N–H and O–H groups in total. The summed E-state index contributed by atoms with van der Waals surface area (Å²) in [5.74, 6) is 4.18. The summed E-state index contributed by atoms with van der Waals surface area (Å²) in [7, 11) is 3.46. The van der Waals surface area contributed by atoms with Crippen LogP contribution in [0.1, 0.15) is 119 Å². The van der Waals surface area contributed by atoms with Crippen molar-refractivity contribution in [1.29, 1.82) is 0 Å². The van der Waals surface area contributed by atoms with Crippen LogP contribution in [-0.4, -0.2) is 40.5 Å². The van der Waals surface area contributed by atoms with Gasteiger partial charge in [0.05, 0.1) is 27.4 Å². The number of morpholine rings is 1. The van der Waals surface area contributed by atoms with E-state index in [2.05, 4.69) is 137 Å². The van der Waals surface area contributed by atoms with Crippen molar-refractivity contribution in [1.82, 2.24) is 0 Å². The Labute approximate surface area is 363 Å². The number of hydrogen-bond donors (Lipinski definition) is 0. The van der Waals surface area contributed by atoms with E-state index in [0.29, 0.717) is 0 Å². The molecule has 4 aliphatic carbocycles. The molecule has 5 aromatic rings. The Balaban J connectivity index is 1.26. The van der Waals surface area contributed by atoms with Crippen LogP contribution in [0.4, 0.5) is 5.69 Å². The number of ether oxygens (including phenoxy) is 4. The van der Waals surface area contributed by atoms with Crippen LogP contribution < -0.4 is 19.1 Å².